The molecule has 5 N–H and O–H groups in total. The van der Waals surface area contributed by atoms with Crippen LogP contribution < -0.4 is 16.0 Å². The molecule has 0 amide bonds. The molecule has 0 fully saturated rings. The lowest BCUT2D eigenvalue weighted by atomic mass is 9.92. The van der Waals surface area contributed by atoms with E-state index in [0.717, 1.165) is 65.8 Å². The number of nitrogens with one attached hydrogen (secondary N) is 4. The average Bonchev–Trinajstić information content (AvgIpc) is 3.30. The summed E-state index contributed by atoms with van der Waals surface area (Å²) in [6, 6.07) is 19.4. The number of carbonyl (C=O) groups is 1. The van der Waals surface area contributed by atoms with E-state index in [9.17, 15) is 9.90 Å². The predicted octanol–water partition coefficient (Wildman–Crippen LogP) is 5.50. The van der Waals surface area contributed by atoms with Gasteiger partial charge in [0.05, 0.1) is 11.7 Å². The van der Waals surface area contributed by atoms with Crippen molar-refractivity contribution >= 4 is 29.1 Å². The van der Waals surface area contributed by atoms with Crippen molar-refractivity contribution in [2.45, 2.75) is 44.8 Å². The van der Waals surface area contributed by atoms with Crippen LogP contribution in [0.1, 0.15) is 70.0 Å². The number of aromatic nitrogens is 1. The predicted molar refractivity (Wildman–Crippen MR) is 158 cm³/mol. The van der Waals surface area contributed by atoms with Gasteiger partial charge in [-0.05, 0) is 74.4 Å². The van der Waals surface area contributed by atoms with Crippen LogP contribution in [0.4, 0.5) is 5.69 Å². The number of hydrogen-bond acceptors (Lipinski definition) is 6. The standard InChI is InChI=1S/C32H37N5O2/c1-33-32(27-17-25(39)13-12-24(27)21-38)31-26-8-4-5-9-28(26)37-30(31)20-35-15-7-3-2-6-14-34-18-22-10-11-23-19-36-29(23)16-22/h4-5,8-13,16-17,19,21,32-35,37,39H,2-3,6-7,14-15,18,20H2,1H3. The minimum Gasteiger partial charge on any atom is -0.508 e. The summed E-state index contributed by atoms with van der Waals surface area (Å²) in [7, 11) is 1.89. The van der Waals surface area contributed by atoms with Gasteiger partial charge in [0.1, 0.15) is 12.0 Å². The van der Waals surface area contributed by atoms with Gasteiger partial charge in [-0.2, -0.15) is 0 Å². The summed E-state index contributed by atoms with van der Waals surface area (Å²) in [6.45, 7) is 3.55. The number of fused-ring (bicyclic) bond motifs is 2. The van der Waals surface area contributed by atoms with Gasteiger partial charge >= 0.3 is 0 Å². The van der Waals surface area contributed by atoms with Crippen LogP contribution in [0.15, 0.2) is 65.7 Å². The number of aldehydes is 1. The first-order chi connectivity index (χ1) is 19.2. The molecule has 1 aliphatic heterocycles. The number of para-hydroxylation sites is 1. The van der Waals surface area contributed by atoms with Crippen molar-refractivity contribution in [2.75, 3.05) is 20.1 Å². The maximum Gasteiger partial charge on any atom is 0.150 e. The number of benzene rings is 3. The largest absolute Gasteiger partial charge is 0.508 e. The third-order valence-corrected chi connectivity index (χ3v) is 7.44. The highest BCUT2D eigenvalue weighted by Gasteiger charge is 2.23. The molecule has 4 aromatic rings. The Morgan fingerprint density at radius 1 is 0.949 bits per heavy atom. The van der Waals surface area contributed by atoms with Crippen LogP contribution >= 0.6 is 0 Å². The third-order valence-electron chi connectivity index (χ3n) is 7.44. The van der Waals surface area contributed by atoms with Gasteiger partial charge < -0.3 is 26.0 Å². The van der Waals surface area contributed by atoms with E-state index in [0.29, 0.717) is 12.1 Å². The van der Waals surface area contributed by atoms with E-state index >= 15 is 0 Å². The molecule has 7 heteroatoms. The number of carbonyl (C=O) groups excluding carboxylic acids is 1. The summed E-state index contributed by atoms with van der Waals surface area (Å²) in [5.74, 6) is 0.146. The van der Waals surface area contributed by atoms with Gasteiger partial charge in [-0.3, -0.25) is 9.79 Å². The topological polar surface area (TPSA) is 102 Å². The molecule has 1 atom stereocenters. The molecular weight excluding hydrogens is 486 g/mol. The van der Waals surface area contributed by atoms with E-state index in [4.69, 9.17) is 0 Å². The van der Waals surface area contributed by atoms with E-state index in [1.54, 1.807) is 18.2 Å². The van der Waals surface area contributed by atoms with E-state index < -0.39 is 0 Å². The number of unbranched alkanes of at least 4 members (excludes halogenated alkanes) is 3. The Hall–Kier alpha value is -3.78. The van der Waals surface area contributed by atoms with Crippen LogP contribution in [0.5, 0.6) is 5.75 Å². The van der Waals surface area contributed by atoms with Gasteiger partial charge in [0.2, 0.25) is 0 Å². The van der Waals surface area contributed by atoms with Gasteiger partial charge in [0.15, 0.2) is 0 Å². The number of rotatable bonds is 15. The zero-order valence-electron chi connectivity index (χ0n) is 22.5. The summed E-state index contributed by atoms with van der Waals surface area (Å²) in [6.07, 6.45) is 7.43. The van der Waals surface area contributed by atoms with E-state index in [1.165, 1.54) is 30.4 Å². The minimum absolute atomic E-state index is 0.146. The Balaban J connectivity index is 1.11. The fourth-order valence-electron chi connectivity index (χ4n) is 5.36. The fourth-order valence-corrected chi connectivity index (χ4v) is 5.36. The number of phenols is 1. The number of phenolic OH excluding ortho intramolecular Hbond substituents is 1. The Labute approximate surface area is 229 Å². The van der Waals surface area contributed by atoms with Gasteiger partial charge in [0.25, 0.3) is 0 Å². The smallest absolute Gasteiger partial charge is 0.150 e. The minimum atomic E-state index is -0.238. The summed E-state index contributed by atoms with van der Waals surface area (Å²) < 4.78 is 0. The molecule has 39 heavy (non-hydrogen) atoms. The molecule has 2 heterocycles. The molecule has 1 aliphatic rings. The van der Waals surface area contributed by atoms with Crippen LogP contribution in [0.3, 0.4) is 0 Å². The van der Waals surface area contributed by atoms with Gasteiger partial charge in [0, 0.05) is 52.6 Å². The Kier molecular flexibility index (Phi) is 8.83. The van der Waals surface area contributed by atoms with Gasteiger partial charge in [-0.25, -0.2) is 0 Å². The molecule has 202 valence electrons. The first kappa shape index (κ1) is 26.8. The first-order valence-corrected chi connectivity index (χ1v) is 13.8. The number of hydrogen-bond donors (Lipinski definition) is 5. The zero-order chi connectivity index (χ0) is 27.0. The number of aromatic amines is 1. The average molecular weight is 524 g/mol. The molecular formula is C32H37N5O2. The highest BCUT2D eigenvalue weighted by molar-refractivity contribution is 5.96. The van der Waals surface area contributed by atoms with E-state index in [-0.39, 0.29) is 11.8 Å². The second-order valence-corrected chi connectivity index (χ2v) is 10.1. The molecule has 5 rings (SSSR count). The van der Waals surface area contributed by atoms with E-state index in [2.05, 4.69) is 56.3 Å². The quantitative estimate of drug-likeness (QED) is 0.0922. The summed E-state index contributed by atoms with van der Waals surface area (Å²) >= 11 is 0. The van der Waals surface area contributed by atoms with Crippen LogP contribution in [0, 0.1) is 0 Å². The van der Waals surface area contributed by atoms with E-state index in [1.807, 2.05) is 25.4 Å². The molecule has 1 unspecified atom stereocenters. The van der Waals surface area contributed by atoms with Crippen molar-refractivity contribution in [2.24, 2.45) is 4.99 Å². The molecule has 7 nitrogen and oxygen atoms in total. The number of H-pyrrole nitrogens is 1. The second kappa shape index (κ2) is 12.8. The first-order valence-electron chi connectivity index (χ1n) is 13.8. The van der Waals surface area contributed by atoms with Crippen molar-refractivity contribution in [1.29, 1.82) is 0 Å². The Morgan fingerprint density at radius 3 is 2.46 bits per heavy atom. The lowest BCUT2D eigenvalue weighted by Gasteiger charge is -2.21. The third kappa shape index (κ3) is 6.28. The summed E-state index contributed by atoms with van der Waals surface area (Å²) in [5, 5.41) is 21.8. The Bertz CT molecular complexity index is 1460. The molecule has 3 aromatic carbocycles. The molecule has 0 saturated heterocycles. The lowest BCUT2D eigenvalue weighted by molar-refractivity contribution is 0.112. The summed E-state index contributed by atoms with van der Waals surface area (Å²) in [4.78, 5) is 19.6. The van der Waals surface area contributed by atoms with Crippen LogP contribution in [-0.2, 0) is 13.1 Å². The van der Waals surface area contributed by atoms with Crippen LogP contribution in [0.25, 0.3) is 10.9 Å². The maximum absolute atomic E-state index is 11.8. The molecule has 0 radical (unpaired) electrons. The highest BCUT2D eigenvalue weighted by Crippen LogP contribution is 2.34. The summed E-state index contributed by atoms with van der Waals surface area (Å²) in [5.41, 5.74) is 8.20. The molecule has 0 aliphatic carbocycles. The van der Waals surface area contributed by atoms with Crippen molar-refractivity contribution in [3.63, 3.8) is 0 Å². The highest BCUT2D eigenvalue weighted by atomic mass is 16.3. The molecule has 1 aromatic heterocycles. The molecule has 0 saturated carbocycles. The van der Waals surface area contributed by atoms with Gasteiger partial charge in [-0.15, -0.1) is 0 Å². The monoisotopic (exact) mass is 523 g/mol. The Morgan fingerprint density at radius 2 is 1.74 bits per heavy atom. The van der Waals surface area contributed by atoms with Crippen molar-refractivity contribution in [3.05, 3.63) is 94.2 Å². The molecule has 0 bridgehead atoms. The second-order valence-electron chi connectivity index (χ2n) is 10.1. The number of nitrogens with zero attached hydrogens (tertiary/aromatic N) is 1. The fraction of sp³-hybridized carbons (Fsp3) is 0.312. The van der Waals surface area contributed by atoms with Crippen LogP contribution in [-0.4, -0.2) is 42.7 Å². The number of aliphatic imine (C=N–C) groups is 1. The van der Waals surface area contributed by atoms with Crippen molar-refractivity contribution in [1.82, 2.24) is 20.9 Å². The molecule has 0 spiro atoms. The maximum atomic E-state index is 11.8. The number of aromatic hydroxyl groups is 1. The zero-order valence-corrected chi connectivity index (χ0v) is 22.5. The van der Waals surface area contributed by atoms with Crippen molar-refractivity contribution < 1.29 is 9.90 Å². The van der Waals surface area contributed by atoms with Gasteiger partial charge in [-0.1, -0.05) is 43.2 Å². The SMILES string of the molecule is CNC(c1cc(O)ccc1C=O)c1c(CNCCCCCCNCc2ccc3c(c2)N=C3)[nH]c2ccccc12. The van der Waals surface area contributed by atoms with Crippen LogP contribution in [0.2, 0.25) is 0 Å². The normalized spacial score (nSPS) is 12.8. The lowest BCUT2D eigenvalue weighted by Crippen LogP contribution is -2.22. The van der Waals surface area contributed by atoms with Crippen molar-refractivity contribution in [3.8, 4) is 5.75 Å².